The van der Waals surface area contributed by atoms with Gasteiger partial charge in [-0.1, -0.05) is 29.8 Å². The summed E-state index contributed by atoms with van der Waals surface area (Å²) in [6.45, 7) is -0.388. The lowest BCUT2D eigenvalue weighted by Gasteiger charge is -2.24. The van der Waals surface area contributed by atoms with Crippen molar-refractivity contribution in [2.45, 2.75) is 4.90 Å². The summed E-state index contributed by atoms with van der Waals surface area (Å²) in [5.41, 5.74) is 0.917. The second-order valence-corrected chi connectivity index (χ2v) is 8.38. The van der Waals surface area contributed by atoms with Gasteiger partial charge in [-0.3, -0.25) is 9.10 Å². The quantitative estimate of drug-likeness (QED) is 0.610. The van der Waals surface area contributed by atoms with E-state index < -0.39 is 15.9 Å². The number of rotatable bonds is 7. The standard InChI is InChI=1S/C21H19ClN2O4S/c1-28-19-11-9-17(10-12-19)23-21(25)15-24(18-5-3-2-4-6-18)29(26,27)20-13-7-16(22)8-14-20/h2-14H,15H2,1H3,(H,23,25). The molecule has 0 saturated carbocycles. The molecule has 6 nitrogen and oxygen atoms in total. The molecule has 1 N–H and O–H groups in total. The van der Waals surface area contributed by atoms with Crippen LogP contribution in [0.25, 0.3) is 0 Å². The van der Waals surface area contributed by atoms with Crippen molar-refractivity contribution in [3.63, 3.8) is 0 Å². The molecule has 0 bridgehead atoms. The fraction of sp³-hybridized carbons (Fsp3) is 0.0952. The largest absolute Gasteiger partial charge is 0.497 e. The molecule has 150 valence electrons. The molecule has 8 heteroatoms. The highest BCUT2D eigenvalue weighted by molar-refractivity contribution is 7.92. The molecule has 0 radical (unpaired) electrons. The molecule has 3 aromatic carbocycles. The third-order valence-electron chi connectivity index (χ3n) is 4.11. The Morgan fingerprint density at radius 2 is 1.59 bits per heavy atom. The Morgan fingerprint density at radius 3 is 2.17 bits per heavy atom. The highest BCUT2D eigenvalue weighted by atomic mass is 35.5. The lowest BCUT2D eigenvalue weighted by Crippen LogP contribution is -2.38. The zero-order chi connectivity index (χ0) is 20.9. The van der Waals surface area contributed by atoms with Crippen LogP contribution in [-0.4, -0.2) is 28.0 Å². The van der Waals surface area contributed by atoms with Gasteiger partial charge < -0.3 is 10.1 Å². The van der Waals surface area contributed by atoms with Crippen LogP contribution in [-0.2, 0) is 14.8 Å². The Kier molecular flexibility index (Phi) is 6.41. The number of sulfonamides is 1. The third kappa shape index (κ3) is 5.07. The van der Waals surface area contributed by atoms with Crippen molar-refractivity contribution in [2.24, 2.45) is 0 Å². The molecule has 0 aromatic heterocycles. The third-order valence-corrected chi connectivity index (χ3v) is 6.15. The van der Waals surface area contributed by atoms with Crippen LogP contribution in [0.2, 0.25) is 5.02 Å². The van der Waals surface area contributed by atoms with Crippen LogP contribution in [0.1, 0.15) is 0 Å². The number of amides is 1. The first-order chi connectivity index (χ1) is 13.9. The van der Waals surface area contributed by atoms with Gasteiger partial charge in [-0.05, 0) is 60.7 Å². The second kappa shape index (κ2) is 8.98. The SMILES string of the molecule is COc1ccc(NC(=O)CN(c2ccccc2)S(=O)(=O)c2ccc(Cl)cc2)cc1. The number of para-hydroxylation sites is 1. The molecule has 0 unspecified atom stereocenters. The predicted octanol–water partition coefficient (Wildman–Crippen LogP) is 4.18. The lowest BCUT2D eigenvalue weighted by atomic mass is 10.3. The predicted molar refractivity (Wildman–Crippen MR) is 114 cm³/mol. The Bertz CT molecular complexity index is 1070. The number of ether oxygens (including phenoxy) is 1. The summed E-state index contributed by atoms with van der Waals surface area (Å²) in [5.74, 6) is 0.177. The van der Waals surface area contributed by atoms with Crippen molar-refractivity contribution < 1.29 is 17.9 Å². The number of anilines is 2. The number of nitrogens with one attached hydrogen (secondary N) is 1. The van der Waals surface area contributed by atoms with E-state index in [1.54, 1.807) is 61.7 Å². The number of nitrogens with zero attached hydrogens (tertiary/aromatic N) is 1. The van der Waals surface area contributed by atoms with Gasteiger partial charge in [0.2, 0.25) is 5.91 Å². The van der Waals surface area contributed by atoms with Gasteiger partial charge in [0.05, 0.1) is 17.7 Å². The van der Waals surface area contributed by atoms with Crippen LogP contribution in [0, 0.1) is 0 Å². The van der Waals surface area contributed by atoms with E-state index in [-0.39, 0.29) is 11.4 Å². The molecule has 0 spiro atoms. The van der Waals surface area contributed by atoms with Gasteiger partial charge in [0.1, 0.15) is 12.3 Å². The summed E-state index contributed by atoms with van der Waals surface area (Å²) in [5, 5.41) is 3.13. The number of hydrogen-bond donors (Lipinski definition) is 1. The smallest absolute Gasteiger partial charge is 0.264 e. The second-order valence-electron chi connectivity index (χ2n) is 6.08. The number of benzene rings is 3. The van der Waals surface area contributed by atoms with E-state index in [4.69, 9.17) is 16.3 Å². The number of hydrogen-bond acceptors (Lipinski definition) is 4. The summed E-state index contributed by atoms with van der Waals surface area (Å²) in [7, 11) is -2.43. The van der Waals surface area contributed by atoms with Gasteiger partial charge in [-0.15, -0.1) is 0 Å². The average Bonchev–Trinajstić information content (AvgIpc) is 2.73. The molecule has 0 saturated heterocycles. The van der Waals surface area contributed by atoms with E-state index in [1.165, 1.54) is 24.3 Å². The minimum atomic E-state index is -3.98. The maximum atomic E-state index is 13.2. The fourth-order valence-corrected chi connectivity index (χ4v) is 4.20. The van der Waals surface area contributed by atoms with E-state index in [2.05, 4.69) is 5.32 Å². The zero-order valence-corrected chi connectivity index (χ0v) is 17.2. The van der Waals surface area contributed by atoms with E-state index in [0.29, 0.717) is 22.1 Å². The Morgan fingerprint density at radius 1 is 0.966 bits per heavy atom. The number of methoxy groups -OCH3 is 1. The van der Waals surface area contributed by atoms with Crippen molar-refractivity contribution in [3.8, 4) is 5.75 Å². The number of carbonyl (C=O) groups excluding carboxylic acids is 1. The van der Waals surface area contributed by atoms with Crippen LogP contribution in [0.15, 0.2) is 83.8 Å². The molecule has 0 aliphatic heterocycles. The van der Waals surface area contributed by atoms with Gasteiger partial charge in [0.25, 0.3) is 10.0 Å². The van der Waals surface area contributed by atoms with Crippen LogP contribution < -0.4 is 14.4 Å². The van der Waals surface area contributed by atoms with Crippen molar-refractivity contribution >= 4 is 38.9 Å². The summed E-state index contributed by atoms with van der Waals surface area (Å²) in [6, 6.07) is 21.0. The Hall–Kier alpha value is -3.03. The first-order valence-electron chi connectivity index (χ1n) is 8.67. The van der Waals surface area contributed by atoms with Crippen LogP contribution in [0.3, 0.4) is 0 Å². The maximum absolute atomic E-state index is 13.2. The van der Waals surface area contributed by atoms with Crippen molar-refractivity contribution in [1.29, 1.82) is 0 Å². The molecule has 0 fully saturated rings. The summed E-state index contributed by atoms with van der Waals surface area (Å²) < 4.78 is 32.6. The molecule has 1 amide bonds. The van der Waals surface area contributed by atoms with Gasteiger partial charge in [-0.2, -0.15) is 0 Å². The molecular weight excluding hydrogens is 412 g/mol. The molecular formula is C21H19ClN2O4S. The van der Waals surface area contributed by atoms with Crippen LogP contribution in [0.5, 0.6) is 5.75 Å². The van der Waals surface area contributed by atoms with E-state index in [0.717, 1.165) is 4.31 Å². The van der Waals surface area contributed by atoms with Crippen LogP contribution >= 0.6 is 11.6 Å². The molecule has 29 heavy (non-hydrogen) atoms. The number of carbonyl (C=O) groups is 1. The molecule has 3 rings (SSSR count). The summed E-state index contributed by atoms with van der Waals surface area (Å²) in [4.78, 5) is 12.7. The highest BCUT2D eigenvalue weighted by Gasteiger charge is 2.27. The monoisotopic (exact) mass is 430 g/mol. The van der Waals surface area contributed by atoms with Gasteiger partial charge in [0, 0.05) is 10.7 Å². The van der Waals surface area contributed by atoms with E-state index in [9.17, 15) is 13.2 Å². The van der Waals surface area contributed by atoms with Crippen molar-refractivity contribution in [2.75, 3.05) is 23.3 Å². The lowest BCUT2D eigenvalue weighted by molar-refractivity contribution is -0.114. The van der Waals surface area contributed by atoms with Gasteiger partial charge >= 0.3 is 0 Å². The van der Waals surface area contributed by atoms with E-state index >= 15 is 0 Å². The molecule has 0 aliphatic rings. The minimum Gasteiger partial charge on any atom is -0.497 e. The Balaban J connectivity index is 1.87. The highest BCUT2D eigenvalue weighted by Crippen LogP contribution is 2.25. The Labute approximate surface area is 174 Å². The van der Waals surface area contributed by atoms with Gasteiger partial charge in [-0.25, -0.2) is 8.42 Å². The first kappa shape index (κ1) is 20.7. The molecule has 0 heterocycles. The normalized spacial score (nSPS) is 11.0. The first-order valence-corrected chi connectivity index (χ1v) is 10.5. The minimum absolute atomic E-state index is 0.0444. The topological polar surface area (TPSA) is 75.7 Å². The van der Waals surface area contributed by atoms with Gasteiger partial charge in [0.15, 0.2) is 0 Å². The fourth-order valence-electron chi connectivity index (χ4n) is 2.65. The van der Waals surface area contributed by atoms with Crippen molar-refractivity contribution in [3.05, 3.63) is 83.9 Å². The number of halogens is 1. The average molecular weight is 431 g/mol. The zero-order valence-electron chi connectivity index (χ0n) is 15.6. The summed E-state index contributed by atoms with van der Waals surface area (Å²) in [6.07, 6.45) is 0. The molecule has 0 aliphatic carbocycles. The van der Waals surface area contributed by atoms with Crippen molar-refractivity contribution in [1.82, 2.24) is 0 Å². The van der Waals surface area contributed by atoms with E-state index in [1.807, 2.05) is 0 Å². The summed E-state index contributed by atoms with van der Waals surface area (Å²) >= 11 is 5.87. The van der Waals surface area contributed by atoms with Crippen LogP contribution in [0.4, 0.5) is 11.4 Å². The molecule has 0 atom stereocenters. The maximum Gasteiger partial charge on any atom is 0.264 e. The molecule has 3 aromatic rings.